The number of carbonyl (C=O) groups excluding carboxylic acids is 1. The SMILES string of the molecule is Cc1nn(Cc2ccccc2)c(C)c1CNC(=O)CSc1nnnn1Cc1ccccc1. The monoisotopic (exact) mass is 447 g/mol. The van der Waals surface area contributed by atoms with E-state index in [1.54, 1.807) is 4.68 Å². The highest BCUT2D eigenvalue weighted by Gasteiger charge is 2.14. The van der Waals surface area contributed by atoms with Crippen molar-refractivity contribution in [2.24, 2.45) is 0 Å². The van der Waals surface area contributed by atoms with Gasteiger partial charge in [-0.25, -0.2) is 4.68 Å². The van der Waals surface area contributed by atoms with Crippen LogP contribution in [0, 0.1) is 13.8 Å². The molecule has 4 aromatic rings. The first-order valence-electron chi connectivity index (χ1n) is 10.4. The third-order valence-corrected chi connectivity index (χ3v) is 6.13. The quantitative estimate of drug-likeness (QED) is 0.397. The van der Waals surface area contributed by atoms with Crippen molar-refractivity contribution in [1.82, 2.24) is 35.3 Å². The van der Waals surface area contributed by atoms with Gasteiger partial charge in [-0.15, -0.1) is 5.10 Å². The highest BCUT2D eigenvalue weighted by molar-refractivity contribution is 7.99. The fraction of sp³-hybridized carbons (Fsp3) is 0.261. The first-order valence-corrected chi connectivity index (χ1v) is 11.3. The van der Waals surface area contributed by atoms with Gasteiger partial charge in [-0.3, -0.25) is 9.48 Å². The minimum Gasteiger partial charge on any atom is -0.351 e. The third kappa shape index (κ3) is 5.42. The van der Waals surface area contributed by atoms with E-state index in [0.29, 0.717) is 24.8 Å². The molecule has 164 valence electrons. The molecule has 0 aliphatic carbocycles. The number of nitrogens with one attached hydrogen (secondary N) is 1. The lowest BCUT2D eigenvalue weighted by molar-refractivity contribution is -0.118. The molecule has 1 amide bonds. The third-order valence-electron chi connectivity index (χ3n) is 5.18. The maximum absolute atomic E-state index is 12.5. The first-order chi connectivity index (χ1) is 15.6. The van der Waals surface area contributed by atoms with E-state index >= 15 is 0 Å². The van der Waals surface area contributed by atoms with Gasteiger partial charge in [0.05, 0.1) is 24.5 Å². The molecule has 8 nitrogen and oxygen atoms in total. The van der Waals surface area contributed by atoms with Gasteiger partial charge < -0.3 is 5.32 Å². The molecular weight excluding hydrogens is 422 g/mol. The minimum atomic E-state index is -0.0705. The van der Waals surface area contributed by atoms with Crippen molar-refractivity contribution in [3.8, 4) is 0 Å². The van der Waals surface area contributed by atoms with E-state index in [0.717, 1.165) is 22.5 Å². The van der Waals surface area contributed by atoms with Crippen molar-refractivity contribution in [2.45, 2.75) is 38.6 Å². The Balaban J connectivity index is 1.31. The van der Waals surface area contributed by atoms with E-state index in [9.17, 15) is 4.79 Å². The molecule has 1 N–H and O–H groups in total. The second-order valence-corrected chi connectivity index (χ2v) is 8.41. The Morgan fingerprint density at radius 2 is 1.56 bits per heavy atom. The van der Waals surface area contributed by atoms with E-state index in [1.807, 2.05) is 67.1 Å². The lowest BCUT2D eigenvalue weighted by Crippen LogP contribution is -2.25. The summed E-state index contributed by atoms with van der Waals surface area (Å²) in [5.74, 6) is 0.171. The molecule has 0 aliphatic rings. The molecule has 0 fully saturated rings. The number of hydrogen-bond donors (Lipinski definition) is 1. The normalized spacial score (nSPS) is 10.9. The first kappa shape index (κ1) is 21.8. The standard InChI is InChI=1S/C23H25N7OS/c1-17-21(18(2)29(26-17)14-19-9-5-3-6-10-19)13-24-22(31)16-32-23-25-27-28-30(23)15-20-11-7-4-8-12-20/h3-12H,13-16H2,1-2H3,(H,24,31). The Morgan fingerprint density at radius 1 is 0.938 bits per heavy atom. The van der Waals surface area contributed by atoms with Crippen LogP contribution in [-0.2, 0) is 24.4 Å². The van der Waals surface area contributed by atoms with Gasteiger partial charge in [-0.05, 0) is 35.4 Å². The van der Waals surface area contributed by atoms with Crippen molar-refractivity contribution >= 4 is 17.7 Å². The molecule has 0 saturated heterocycles. The van der Waals surface area contributed by atoms with Crippen molar-refractivity contribution in [3.05, 3.63) is 88.7 Å². The smallest absolute Gasteiger partial charge is 0.230 e. The highest BCUT2D eigenvalue weighted by atomic mass is 32.2. The van der Waals surface area contributed by atoms with Gasteiger partial charge in [0, 0.05) is 17.8 Å². The number of carbonyl (C=O) groups is 1. The van der Waals surface area contributed by atoms with Gasteiger partial charge in [0.1, 0.15) is 0 Å². The van der Waals surface area contributed by atoms with Gasteiger partial charge in [0.15, 0.2) is 0 Å². The van der Waals surface area contributed by atoms with E-state index in [1.165, 1.54) is 17.3 Å². The van der Waals surface area contributed by atoms with Crippen LogP contribution in [0.2, 0.25) is 0 Å². The molecule has 0 atom stereocenters. The van der Waals surface area contributed by atoms with Crippen molar-refractivity contribution in [2.75, 3.05) is 5.75 Å². The Bertz CT molecular complexity index is 1170. The largest absolute Gasteiger partial charge is 0.351 e. The lowest BCUT2D eigenvalue weighted by Gasteiger charge is -2.08. The Labute approximate surface area is 191 Å². The molecule has 2 aromatic carbocycles. The second-order valence-electron chi connectivity index (χ2n) is 7.46. The summed E-state index contributed by atoms with van der Waals surface area (Å²) in [7, 11) is 0. The fourth-order valence-electron chi connectivity index (χ4n) is 3.42. The van der Waals surface area contributed by atoms with Gasteiger partial charge >= 0.3 is 0 Å². The molecule has 2 heterocycles. The summed E-state index contributed by atoms with van der Waals surface area (Å²) in [5, 5.41) is 20.1. The molecule has 0 saturated carbocycles. The lowest BCUT2D eigenvalue weighted by atomic mass is 10.2. The number of aromatic nitrogens is 6. The topological polar surface area (TPSA) is 90.5 Å². The number of thioether (sulfide) groups is 1. The van der Waals surface area contributed by atoms with Crippen molar-refractivity contribution in [3.63, 3.8) is 0 Å². The molecular formula is C23H25N7OS. The second kappa shape index (κ2) is 10.2. The van der Waals surface area contributed by atoms with Gasteiger partial charge in [0.2, 0.25) is 11.1 Å². The summed E-state index contributed by atoms with van der Waals surface area (Å²) >= 11 is 1.33. The molecule has 0 unspecified atom stereocenters. The molecule has 0 aliphatic heterocycles. The van der Waals surface area contributed by atoms with Crippen LogP contribution in [-0.4, -0.2) is 41.6 Å². The molecule has 4 rings (SSSR count). The van der Waals surface area contributed by atoms with E-state index in [2.05, 4.69) is 38.1 Å². The Morgan fingerprint density at radius 3 is 2.22 bits per heavy atom. The summed E-state index contributed by atoms with van der Waals surface area (Å²) < 4.78 is 3.69. The number of amides is 1. The van der Waals surface area contributed by atoms with Crippen LogP contribution in [0.1, 0.15) is 28.1 Å². The van der Waals surface area contributed by atoms with Crippen LogP contribution in [0.3, 0.4) is 0 Å². The van der Waals surface area contributed by atoms with Crippen LogP contribution >= 0.6 is 11.8 Å². The predicted molar refractivity (Wildman–Crippen MR) is 123 cm³/mol. The molecule has 9 heteroatoms. The number of hydrogen-bond acceptors (Lipinski definition) is 6. The maximum atomic E-state index is 12.5. The van der Waals surface area contributed by atoms with E-state index < -0.39 is 0 Å². The molecule has 0 spiro atoms. The zero-order valence-corrected chi connectivity index (χ0v) is 18.9. The van der Waals surface area contributed by atoms with Crippen molar-refractivity contribution < 1.29 is 4.79 Å². The van der Waals surface area contributed by atoms with Gasteiger partial charge in [-0.2, -0.15) is 5.10 Å². The summed E-state index contributed by atoms with van der Waals surface area (Å²) in [4.78, 5) is 12.5. The number of rotatable bonds is 9. The fourth-order valence-corrected chi connectivity index (χ4v) is 4.13. The molecule has 2 aromatic heterocycles. The molecule has 0 bridgehead atoms. The zero-order valence-electron chi connectivity index (χ0n) is 18.1. The van der Waals surface area contributed by atoms with Crippen LogP contribution in [0.25, 0.3) is 0 Å². The zero-order chi connectivity index (χ0) is 22.3. The van der Waals surface area contributed by atoms with Crippen LogP contribution < -0.4 is 5.32 Å². The molecule has 32 heavy (non-hydrogen) atoms. The minimum absolute atomic E-state index is 0.0705. The number of benzene rings is 2. The van der Waals surface area contributed by atoms with E-state index in [-0.39, 0.29) is 11.7 Å². The number of tetrazole rings is 1. The Hall–Kier alpha value is -3.46. The summed E-state index contributed by atoms with van der Waals surface area (Å²) in [5.41, 5.74) is 5.33. The molecule has 0 radical (unpaired) electrons. The maximum Gasteiger partial charge on any atom is 0.230 e. The summed E-state index contributed by atoms with van der Waals surface area (Å²) in [6.07, 6.45) is 0. The Kier molecular flexibility index (Phi) is 6.96. The highest BCUT2D eigenvalue weighted by Crippen LogP contribution is 2.17. The van der Waals surface area contributed by atoms with Crippen molar-refractivity contribution in [1.29, 1.82) is 0 Å². The average Bonchev–Trinajstić information content (AvgIpc) is 3.35. The van der Waals surface area contributed by atoms with Gasteiger partial charge in [0.25, 0.3) is 0 Å². The van der Waals surface area contributed by atoms with Gasteiger partial charge in [-0.1, -0.05) is 72.4 Å². The predicted octanol–water partition coefficient (Wildman–Crippen LogP) is 2.99. The number of nitrogens with zero attached hydrogens (tertiary/aromatic N) is 6. The van der Waals surface area contributed by atoms with Crippen LogP contribution in [0.15, 0.2) is 65.8 Å². The number of aryl methyl sites for hydroxylation is 1. The summed E-state index contributed by atoms with van der Waals surface area (Å²) in [6, 6.07) is 20.2. The van der Waals surface area contributed by atoms with E-state index in [4.69, 9.17) is 0 Å². The van der Waals surface area contributed by atoms with Crippen LogP contribution in [0.5, 0.6) is 0 Å². The average molecular weight is 448 g/mol. The summed E-state index contributed by atoms with van der Waals surface area (Å²) in [6.45, 7) is 5.73. The van der Waals surface area contributed by atoms with Crippen LogP contribution in [0.4, 0.5) is 0 Å².